The monoisotopic (exact) mass is 368 g/mol. The molecule has 0 heterocycles. The van der Waals surface area contributed by atoms with E-state index in [1.807, 2.05) is 25.1 Å². The van der Waals surface area contributed by atoms with Gasteiger partial charge in [-0.15, -0.1) is 0 Å². The van der Waals surface area contributed by atoms with Crippen LogP contribution in [-0.2, 0) is 16.1 Å². The molecular weight excluding hydrogens is 336 g/mol. The Bertz CT molecular complexity index is 514. The molecule has 1 rings (SSSR count). The molecule has 0 aliphatic rings. The van der Waals surface area contributed by atoms with Gasteiger partial charge < -0.3 is 26.5 Å². The molecule has 25 heavy (non-hydrogen) atoms. The standard InChI is InChI=1S/C12H18N.C8H15NO2.ClH/c1-4-10-13(2,3)11-12-8-6-5-7-9-12;1-7(2)8(10)11-6-5-9(3)4;/h4-9H,1,10-11H2,2-3H3;1,5-6H2,2-4H3;1H/q+1;;/p-1. The van der Waals surface area contributed by atoms with Crippen molar-refractivity contribution in [2.24, 2.45) is 0 Å². The van der Waals surface area contributed by atoms with E-state index in [0.29, 0.717) is 12.2 Å². The molecule has 0 N–H and O–H groups in total. The largest absolute Gasteiger partial charge is 1.00 e. The Labute approximate surface area is 159 Å². The van der Waals surface area contributed by atoms with E-state index < -0.39 is 0 Å². The fourth-order valence-electron chi connectivity index (χ4n) is 1.94. The molecule has 0 spiro atoms. The zero-order valence-electron chi connectivity index (χ0n) is 16.3. The van der Waals surface area contributed by atoms with E-state index in [0.717, 1.165) is 24.1 Å². The van der Waals surface area contributed by atoms with E-state index in [4.69, 9.17) is 4.74 Å². The van der Waals surface area contributed by atoms with Crippen LogP contribution in [0.25, 0.3) is 0 Å². The van der Waals surface area contributed by atoms with E-state index in [1.54, 1.807) is 6.92 Å². The lowest BCUT2D eigenvalue weighted by molar-refractivity contribution is -0.897. The van der Waals surface area contributed by atoms with Crippen LogP contribution in [0.3, 0.4) is 0 Å². The van der Waals surface area contributed by atoms with Crippen LogP contribution in [0.1, 0.15) is 12.5 Å². The minimum Gasteiger partial charge on any atom is -1.00 e. The molecule has 0 amide bonds. The van der Waals surface area contributed by atoms with Crippen LogP contribution in [-0.4, -0.2) is 63.2 Å². The van der Waals surface area contributed by atoms with Gasteiger partial charge in [0.2, 0.25) is 0 Å². The van der Waals surface area contributed by atoms with Crippen LogP contribution in [0.2, 0.25) is 0 Å². The highest BCUT2D eigenvalue weighted by Gasteiger charge is 2.12. The number of carbonyl (C=O) groups is 1. The fourth-order valence-corrected chi connectivity index (χ4v) is 1.94. The van der Waals surface area contributed by atoms with Crippen molar-refractivity contribution < 1.29 is 26.4 Å². The number of esters is 1. The van der Waals surface area contributed by atoms with Crippen LogP contribution in [0.4, 0.5) is 0 Å². The summed E-state index contributed by atoms with van der Waals surface area (Å²) in [5.74, 6) is -0.313. The van der Waals surface area contributed by atoms with Gasteiger partial charge in [-0.2, -0.15) is 0 Å². The Morgan fingerprint density at radius 3 is 2.24 bits per heavy atom. The SMILES string of the molecule is C=C(C)C(=O)OCCN(C)C.C=CC[N+](C)(C)Cc1ccccc1.[Cl-]. The number of hydrogen-bond donors (Lipinski definition) is 0. The molecule has 142 valence electrons. The molecule has 0 saturated heterocycles. The van der Waals surface area contributed by atoms with Crippen molar-refractivity contribution in [1.82, 2.24) is 4.90 Å². The van der Waals surface area contributed by atoms with Crippen molar-refractivity contribution in [3.63, 3.8) is 0 Å². The number of rotatable bonds is 8. The summed E-state index contributed by atoms with van der Waals surface area (Å²) in [6, 6.07) is 10.6. The van der Waals surface area contributed by atoms with Gasteiger partial charge in [-0.3, -0.25) is 0 Å². The predicted molar refractivity (Wildman–Crippen MR) is 102 cm³/mol. The smallest absolute Gasteiger partial charge is 0.333 e. The highest BCUT2D eigenvalue weighted by Crippen LogP contribution is 2.08. The molecule has 0 radical (unpaired) electrons. The summed E-state index contributed by atoms with van der Waals surface area (Å²) in [7, 11) is 8.28. The summed E-state index contributed by atoms with van der Waals surface area (Å²) in [5.41, 5.74) is 1.83. The van der Waals surface area contributed by atoms with Crippen molar-refractivity contribution in [2.75, 3.05) is 47.9 Å². The number of likely N-dealkylation sites (N-methyl/N-ethyl adjacent to an activating group) is 2. The highest BCUT2D eigenvalue weighted by atomic mass is 35.5. The molecular formula is C20H33ClN2O2. The molecule has 0 aliphatic heterocycles. The summed E-state index contributed by atoms with van der Waals surface area (Å²) in [5, 5.41) is 0. The molecule has 0 fully saturated rings. The molecule has 1 aromatic carbocycles. The summed E-state index contributed by atoms with van der Waals surface area (Å²) >= 11 is 0. The molecule has 0 unspecified atom stereocenters. The third kappa shape index (κ3) is 14.4. The molecule has 5 heteroatoms. The maximum Gasteiger partial charge on any atom is 0.333 e. The van der Waals surface area contributed by atoms with Gasteiger partial charge in [-0.25, -0.2) is 4.79 Å². The van der Waals surface area contributed by atoms with Crippen LogP contribution < -0.4 is 12.4 Å². The van der Waals surface area contributed by atoms with Crippen molar-refractivity contribution in [1.29, 1.82) is 0 Å². The number of halogens is 1. The van der Waals surface area contributed by atoms with Gasteiger partial charge in [0.15, 0.2) is 0 Å². The minimum atomic E-state index is -0.313. The summed E-state index contributed by atoms with van der Waals surface area (Å²) in [6.07, 6.45) is 1.98. The predicted octanol–water partition coefficient (Wildman–Crippen LogP) is 0.120. The Hall–Kier alpha value is -1.62. The van der Waals surface area contributed by atoms with E-state index in [1.165, 1.54) is 5.56 Å². The third-order valence-corrected chi connectivity index (χ3v) is 3.20. The average molecular weight is 369 g/mol. The first-order chi connectivity index (χ1) is 11.2. The van der Waals surface area contributed by atoms with Gasteiger partial charge in [-0.05, 0) is 27.1 Å². The Morgan fingerprint density at radius 2 is 1.80 bits per heavy atom. The quantitative estimate of drug-likeness (QED) is 0.282. The topological polar surface area (TPSA) is 29.5 Å². The Balaban J connectivity index is 0. The molecule has 4 nitrogen and oxygen atoms in total. The number of nitrogens with zero attached hydrogens (tertiary/aromatic N) is 2. The molecule has 0 saturated carbocycles. The lowest BCUT2D eigenvalue weighted by Crippen LogP contribution is -3.00. The minimum absolute atomic E-state index is 0. The lowest BCUT2D eigenvalue weighted by atomic mass is 10.2. The van der Waals surface area contributed by atoms with Gasteiger partial charge in [0.25, 0.3) is 0 Å². The van der Waals surface area contributed by atoms with Gasteiger partial charge in [0.1, 0.15) is 13.2 Å². The second-order valence-corrected chi connectivity index (χ2v) is 6.77. The maximum absolute atomic E-state index is 10.8. The maximum atomic E-state index is 10.8. The number of ether oxygens (including phenoxy) is 1. The van der Waals surface area contributed by atoms with Crippen molar-refractivity contribution in [3.05, 3.63) is 60.7 Å². The number of benzene rings is 1. The summed E-state index contributed by atoms with van der Waals surface area (Å²) in [6.45, 7) is 12.1. The Kier molecular flexibility index (Phi) is 14.0. The zero-order chi connectivity index (χ0) is 18.6. The van der Waals surface area contributed by atoms with E-state index >= 15 is 0 Å². The molecule has 1 aromatic rings. The number of quaternary nitrogens is 1. The van der Waals surface area contributed by atoms with Crippen LogP contribution in [0.15, 0.2) is 55.1 Å². The van der Waals surface area contributed by atoms with Crippen LogP contribution in [0, 0.1) is 0 Å². The first-order valence-corrected chi connectivity index (χ1v) is 8.12. The van der Waals surface area contributed by atoms with Crippen LogP contribution >= 0.6 is 0 Å². The van der Waals surface area contributed by atoms with Gasteiger partial charge in [-0.1, -0.05) is 43.5 Å². The van der Waals surface area contributed by atoms with Crippen molar-refractivity contribution >= 4 is 5.97 Å². The van der Waals surface area contributed by atoms with E-state index in [-0.39, 0.29) is 18.4 Å². The normalized spacial score (nSPS) is 10.2. The molecule has 0 aliphatic carbocycles. The van der Waals surface area contributed by atoms with Crippen molar-refractivity contribution in [3.8, 4) is 0 Å². The first-order valence-electron chi connectivity index (χ1n) is 8.12. The van der Waals surface area contributed by atoms with Gasteiger partial charge >= 0.3 is 5.97 Å². The summed E-state index contributed by atoms with van der Waals surface area (Å²) < 4.78 is 5.80. The molecule has 0 bridgehead atoms. The number of hydrogen-bond acceptors (Lipinski definition) is 3. The summed E-state index contributed by atoms with van der Waals surface area (Å²) in [4.78, 5) is 12.7. The van der Waals surface area contributed by atoms with Crippen molar-refractivity contribution in [2.45, 2.75) is 13.5 Å². The average Bonchev–Trinajstić information content (AvgIpc) is 2.47. The van der Waals surface area contributed by atoms with Gasteiger partial charge in [0.05, 0.1) is 20.6 Å². The zero-order valence-corrected chi connectivity index (χ0v) is 17.1. The first kappa shape index (κ1) is 25.6. The second kappa shape index (κ2) is 13.6. The van der Waals surface area contributed by atoms with Gasteiger partial charge in [0, 0.05) is 17.7 Å². The third-order valence-electron chi connectivity index (χ3n) is 3.20. The number of carbonyl (C=O) groups excluding carboxylic acids is 1. The lowest BCUT2D eigenvalue weighted by Gasteiger charge is -2.28. The molecule has 0 aromatic heterocycles. The fraction of sp³-hybridized carbons (Fsp3) is 0.450. The van der Waals surface area contributed by atoms with Crippen LogP contribution in [0.5, 0.6) is 0 Å². The molecule has 0 atom stereocenters. The highest BCUT2D eigenvalue weighted by molar-refractivity contribution is 5.86. The van der Waals surface area contributed by atoms with E-state index in [9.17, 15) is 4.79 Å². The Morgan fingerprint density at radius 1 is 1.24 bits per heavy atom. The van der Waals surface area contributed by atoms with E-state index in [2.05, 4.69) is 57.6 Å². The second-order valence-electron chi connectivity index (χ2n) is 6.77.